The second kappa shape index (κ2) is 5.38. The Morgan fingerprint density at radius 1 is 1.35 bits per heavy atom. The monoisotopic (exact) mass is 251 g/mol. The lowest BCUT2D eigenvalue weighted by molar-refractivity contribution is 0.526. The number of nitrogens with two attached hydrogens (primary N) is 1. The van der Waals surface area contributed by atoms with Crippen molar-refractivity contribution in [1.82, 2.24) is 0 Å². The van der Waals surface area contributed by atoms with Crippen LogP contribution in [0.1, 0.15) is 11.3 Å². The highest BCUT2D eigenvalue weighted by molar-refractivity contribution is 7.99. The van der Waals surface area contributed by atoms with Crippen LogP contribution in [-0.4, -0.2) is 6.54 Å². The Hall–Kier alpha value is -1.26. The first kappa shape index (κ1) is 12.2. The van der Waals surface area contributed by atoms with Crippen LogP contribution in [0.5, 0.6) is 0 Å². The molecule has 17 heavy (non-hydrogen) atoms. The third kappa shape index (κ3) is 2.70. The van der Waals surface area contributed by atoms with E-state index in [0.717, 1.165) is 16.2 Å². The zero-order chi connectivity index (χ0) is 12.3. The van der Waals surface area contributed by atoms with Gasteiger partial charge in [-0.25, -0.2) is 4.39 Å². The largest absolute Gasteiger partial charge is 0.468 e. The van der Waals surface area contributed by atoms with Crippen LogP contribution in [0, 0.1) is 12.7 Å². The number of benzene rings is 1. The van der Waals surface area contributed by atoms with Gasteiger partial charge in [-0.1, -0.05) is 23.9 Å². The van der Waals surface area contributed by atoms with Gasteiger partial charge in [0.1, 0.15) is 11.6 Å². The highest BCUT2D eigenvalue weighted by atomic mass is 32.2. The molecule has 2 nitrogen and oxygen atoms in total. The van der Waals surface area contributed by atoms with Gasteiger partial charge in [0.15, 0.2) is 0 Å². The SMILES string of the molecule is Cc1occc1Sc1c(F)cccc1CCN. The maximum Gasteiger partial charge on any atom is 0.137 e. The number of hydrogen-bond acceptors (Lipinski definition) is 3. The van der Waals surface area contributed by atoms with Crippen LogP contribution in [0.3, 0.4) is 0 Å². The molecule has 2 aromatic rings. The summed E-state index contributed by atoms with van der Waals surface area (Å²) in [4.78, 5) is 1.58. The van der Waals surface area contributed by atoms with E-state index in [1.54, 1.807) is 12.3 Å². The minimum atomic E-state index is -0.207. The van der Waals surface area contributed by atoms with E-state index >= 15 is 0 Å². The van der Waals surface area contributed by atoms with E-state index in [-0.39, 0.29) is 5.82 Å². The minimum Gasteiger partial charge on any atom is -0.468 e. The Kier molecular flexibility index (Phi) is 3.86. The predicted molar refractivity (Wildman–Crippen MR) is 66.7 cm³/mol. The van der Waals surface area contributed by atoms with Gasteiger partial charge in [-0.05, 0) is 37.6 Å². The van der Waals surface area contributed by atoms with Gasteiger partial charge in [-0.3, -0.25) is 0 Å². The Morgan fingerprint density at radius 3 is 2.82 bits per heavy atom. The van der Waals surface area contributed by atoms with E-state index in [4.69, 9.17) is 10.2 Å². The summed E-state index contributed by atoms with van der Waals surface area (Å²) in [7, 11) is 0. The third-order valence-corrected chi connectivity index (χ3v) is 3.79. The van der Waals surface area contributed by atoms with Crippen molar-refractivity contribution in [2.75, 3.05) is 6.54 Å². The van der Waals surface area contributed by atoms with Crippen molar-refractivity contribution in [2.45, 2.75) is 23.1 Å². The number of hydrogen-bond donors (Lipinski definition) is 1. The van der Waals surface area contributed by atoms with E-state index in [2.05, 4.69) is 0 Å². The van der Waals surface area contributed by atoms with Crippen LogP contribution in [0.25, 0.3) is 0 Å². The van der Waals surface area contributed by atoms with Gasteiger partial charge in [-0.2, -0.15) is 0 Å². The maximum atomic E-state index is 13.8. The summed E-state index contributed by atoms with van der Waals surface area (Å²) in [5.74, 6) is 0.596. The standard InChI is InChI=1S/C13H14FNOS/c1-9-12(6-8-16-9)17-13-10(5-7-15)3-2-4-11(13)14/h2-4,6,8H,5,7,15H2,1H3. The molecule has 0 spiro atoms. The molecule has 2 rings (SSSR count). The van der Waals surface area contributed by atoms with Crippen molar-refractivity contribution >= 4 is 11.8 Å². The van der Waals surface area contributed by atoms with Crippen LogP contribution in [0.4, 0.5) is 4.39 Å². The fraction of sp³-hybridized carbons (Fsp3) is 0.231. The number of halogens is 1. The molecule has 2 N–H and O–H groups in total. The lowest BCUT2D eigenvalue weighted by Crippen LogP contribution is -2.04. The van der Waals surface area contributed by atoms with Crippen molar-refractivity contribution in [3.8, 4) is 0 Å². The van der Waals surface area contributed by atoms with Gasteiger partial charge in [0.05, 0.1) is 16.1 Å². The Morgan fingerprint density at radius 2 is 2.18 bits per heavy atom. The second-order valence-electron chi connectivity index (χ2n) is 3.71. The second-order valence-corrected chi connectivity index (χ2v) is 4.76. The zero-order valence-corrected chi connectivity index (χ0v) is 10.4. The molecule has 0 bridgehead atoms. The summed E-state index contributed by atoms with van der Waals surface area (Å²) in [6.45, 7) is 2.38. The summed E-state index contributed by atoms with van der Waals surface area (Å²) in [6.07, 6.45) is 2.29. The van der Waals surface area contributed by atoms with Crippen LogP contribution >= 0.6 is 11.8 Å². The van der Waals surface area contributed by atoms with Crippen molar-refractivity contribution in [3.05, 3.63) is 47.7 Å². The Bertz CT molecular complexity index is 510. The van der Waals surface area contributed by atoms with Gasteiger partial charge in [-0.15, -0.1) is 0 Å². The summed E-state index contributed by atoms with van der Waals surface area (Å²) >= 11 is 1.39. The number of furan rings is 1. The Labute approximate surface area is 104 Å². The molecule has 90 valence electrons. The van der Waals surface area contributed by atoms with Gasteiger partial charge in [0, 0.05) is 0 Å². The molecule has 1 aromatic carbocycles. The van der Waals surface area contributed by atoms with E-state index in [0.29, 0.717) is 17.9 Å². The summed E-state index contributed by atoms with van der Waals surface area (Å²) in [5.41, 5.74) is 6.48. The minimum absolute atomic E-state index is 0.207. The molecule has 0 unspecified atom stereocenters. The molecule has 0 fully saturated rings. The molecule has 0 aliphatic carbocycles. The van der Waals surface area contributed by atoms with E-state index < -0.39 is 0 Å². The average Bonchev–Trinajstić information content (AvgIpc) is 2.70. The highest BCUT2D eigenvalue weighted by Gasteiger charge is 2.12. The fourth-order valence-corrected chi connectivity index (χ4v) is 2.61. The molecule has 1 aromatic heterocycles. The van der Waals surface area contributed by atoms with Gasteiger partial charge < -0.3 is 10.2 Å². The Balaban J connectivity index is 2.34. The van der Waals surface area contributed by atoms with Gasteiger partial charge in [0.25, 0.3) is 0 Å². The molecule has 0 amide bonds. The zero-order valence-electron chi connectivity index (χ0n) is 9.57. The summed E-state index contributed by atoms with van der Waals surface area (Å²) in [5, 5.41) is 0. The maximum absolute atomic E-state index is 13.8. The quantitative estimate of drug-likeness (QED) is 0.905. The molecule has 0 atom stereocenters. The smallest absolute Gasteiger partial charge is 0.137 e. The topological polar surface area (TPSA) is 39.2 Å². The van der Waals surface area contributed by atoms with Crippen LogP contribution < -0.4 is 5.73 Å². The first-order chi connectivity index (χ1) is 8.22. The molecule has 0 saturated heterocycles. The molecule has 0 radical (unpaired) electrons. The molecule has 0 aliphatic heterocycles. The average molecular weight is 251 g/mol. The first-order valence-corrected chi connectivity index (χ1v) is 6.23. The molecule has 1 heterocycles. The normalized spacial score (nSPS) is 10.8. The molecule has 0 saturated carbocycles. The van der Waals surface area contributed by atoms with Crippen LogP contribution in [0.2, 0.25) is 0 Å². The third-order valence-electron chi connectivity index (χ3n) is 2.49. The van der Waals surface area contributed by atoms with E-state index in [1.165, 1.54) is 17.8 Å². The number of rotatable bonds is 4. The lowest BCUT2D eigenvalue weighted by atomic mass is 10.1. The summed E-state index contributed by atoms with van der Waals surface area (Å²) in [6, 6.07) is 6.94. The number of aryl methyl sites for hydroxylation is 1. The molecular weight excluding hydrogens is 237 g/mol. The lowest BCUT2D eigenvalue weighted by Gasteiger charge is -2.08. The van der Waals surface area contributed by atoms with Crippen molar-refractivity contribution in [1.29, 1.82) is 0 Å². The molecule has 4 heteroatoms. The van der Waals surface area contributed by atoms with Gasteiger partial charge in [0.2, 0.25) is 0 Å². The van der Waals surface area contributed by atoms with E-state index in [1.807, 2.05) is 19.1 Å². The predicted octanol–water partition coefficient (Wildman–Crippen LogP) is 3.38. The van der Waals surface area contributed by atoms with Crippen molar-refractivity contribution < 1.29 is 8.81 Å². The molecular formula is C13H14FNOS. The van der Waals surface area contributed by atoms with Crippen molar-refractivity contribution in [3.63, 3.8) is 0 Å². The van der Waals surface area contributed by atoms with E-state index in [9.17, 15) is 4.39 Å². The van der Waals surface area contributed by atoms with Crippen LogP contribution in [-0.2, 0) is 6.42 Å². The fourth-order valence-electron chi connectivity index (χ4n) is 1.61. The summed E-state index contributed by atoms with van der Waals surface area (Å²) < 4.78 is 19.0. The van der Waals surface area contributed by atoms with Crippen LogP contribution in [0.15, 0.2) is 44.7 Å². The molecule has 0 aliphatic rings. The van der Waals surface area contributed by atoms with Gasteiger partial charge >= 0.3 is 0 Å². The first-order valence-electron chi connectivity index (χ1n) is 5.41. The highest BCUT2D eigenvalue weighted by Crippen LogP contribution is 2.35. The van der Waals surface area contributed by atoms with Crippen molar-refractivity contribution in [2.24, 2.45) is 5.73 Å².